The number of para-hydroxylation sites is 1. The fraction of sp³-hybridized carbons (Fsp3) is 0.0769. The van der Waals surface area contributed by atoms with Gasteiger partial charge in [-0.3, -0.25) is 9.59 Å². The summed E-state index contributed by atoms with van der Waals surface area (Å²) in [5, 5.41) is 14.1. The number of thiophene rings is 1. The molecule has 5 aromatic carbocycles. The molecule has 7 aromatic rings. The van der Waals surface area contributed by atoms with Crippen LogP contribution in [-0.4, -0.2) is 34.4 Å². The van der Waals surface area contributed by atoms with E-state index >= 15 is 0 Å². The summed E-state index contributed by atoms with van der Waals surface area (Å²) in [6, 6.07) is 34.0. The minimum Gasteiger partial charge on any atom is -0.478 e. The molecular weight excluding hydrogens is 623 g/mol. The summed E-state index contributed by atoms with van der Waals surface area (Å²) in [5.41, 5.74) is 6.13. The number of benzene rings is 5. The number of carbonyl (C=O) groups is 3. The molecule has 234 valence electrons. The van der Waals surface area contributed by atoms with E-state index in [0.29, 0.717) is 34.8 Å². The van der Waals surface area contributed by atoms with Crippen molar-refractivity contribution in [3.05, 3.63) is 126 Å². The number of anilines is 2. The number of aromatic carboxylic acids is 1. The number of fused-ring (bicyclic) bond motifs is 3. The molecule has 8 nitrogen and oxygen atoms in total. The molecule has 2 aromatic heterocycles. The number of amides is 2. The molecule has 8 rings (SSSR count). The van der Waals surface area contributed by atoms with Crippen molar-refractivity contribution >= 4 is 61.7 Å². The van der Waals surface area contributed by atoms with Crippen molar-refractivity contribution in [2.45, 2.75) is 13.3 Å². The maximum Gasteiger partial charge on any atom is 0.335 e. The summed E-state index contributed by atoms with van der Waals surface area (Å²) in [4.78, 5) is 45.7. The van der Waals surface area contributed by atoms with Crippen molar-refractivity contribution in [3.63, 3.8) is 0 Å². The average molecular weight is 650 g/mol. The van der Waals surface area contributed by atoms with E-state index in [2.05, 4.69) is 54.7 Å². The predicted molar refractivity (Wildman–Crippen MR) is 189 cm³/mol. The van der Waals surface area contributed by atoms with E-state index in [1.807, 2.05) is 30.3 Å². The number of nitrogens with zero attached hydrogens (tertiary/aromatic N) is 2. The quantitative estimate of drug-likeness (QED) is 0.158. The summed E-state index contributed by atoms with van der Waals surface area (Å²) in [7, 11) is 0. The number of hydrogen-bond acceptors (Lipinski definition) is 7. The summed E-state index contributed by atoms with van der Waals surface area (Å²) in [5.74, 6) is -1.95. The van der Waals surface area contributed by atoms with Gasteiger partial charge in [0.2, 0.25) is 5.89 Å². The first kappa shape index (κ1) is 29.3. The number of hydrogen-bond donors (Lipinski definition) is 2. The van der Waals surface area contributed by atoms with Crippen LogP contribution in [0.1, 0.15) is 44.4 Å². The van der Waals surface area contributed by atoms with Gasteiger partial charge >= 0.3 is 5.97 Å². The van der Waals surface area contributed by atoms with Gasteiger partial charge in [0.25, 0.3) is 11.8 Å². The Hall–Kier alpha value is -6.06. The Labute approximate surface area is 278 Å². The number of imide groups is 1. The van der Waals surface area contributed by atoms with Crippen molar-refractivity contribution in [1.82, 2.24) is 4.98 Å². The molecule has 9 heteroatoms. The second kappa shape index (κ2) is 11.6. The van der Waals surface area contributed by atoms with Gasteiger partial charge in [-0.1, -0.05) is 55.5 Å². The molecule has 1 aliphatic heterocycles. The number of carbonyl (C=O) groups excluding carboxylic acids is 2. The Bertz CT molecular complexity index is 2410. The van der Waals surface area contributed by atoms with E-state index in [0.717, 1.165) is 33.7 Å². The lowest BCUT2D eigenvalue weighted by molar-refractivity contribution is 0.0696. The van der Waals surface area contributed by atoms with Crippen molar-refractivity contribution in [1.29, 1.82) is 0 Å². The molecule has 0 bridgehead atoms. The third kappa shape index (κ3) is 4.92. The van der Waals surface area contributed by atoms with Gasteiger partial charge in [-0.2, -0.15) is 0 Å². The zero-order valence-corrected chi connectivity index (χ0v) is 26.5. The molecule has 0 saturated heterocycles. The third-order valence-electron chi connectivity index (χ3n) is 8.49. The zero-order valence-electron chi connectivity index (χ0n) is 25.7. The molecule has 2 amide bonds. The van der Waals surface area contributed by atoms with Crippen molar-refractivity contribution in [3.8, 4) is 33.0 Å². The molecule has 3 heterocycles. The van der Waals surface area contributed by atoms with Crippen LogP contribution in [-0.2, 0) is 0 Å². The third-order valence-corrected chi connectivity index (χ3v) is 9.66. The molecule has 2 N–H and O–H groups in total. The Morgan fingerprint density at radius 3 is 2.46 bits per heavy atom. The summed E-state index contributed by atoms with van der Waals surface area (Å²) in [6.07, 6.45) is 0.874. The largest absolute Gasteiger partial charge is 0.478 e. The van der Waals surface area contributed by atoms with Crippen LogP contribution in [0.15, 0.2) is 114 Å². The lowest BCUT2D eigenvalue weighted by Crippen LogP contribution is -2.29. The van der Waals surface area contributed by atoms with Crippen molar-refractivity contribution in [2.75, 3.05) is 16.8 Å². The molecule has 0 fully saturated rings. The van der Waals surface area contributed by atoms with Crippen LogP contribution in [0.25, 0.3) is 54.2 Å². The first-order chi connectivity index (χ1) is 23.4. The van der Waals surface area contributed by atoms with Gasteiger partial charge in [-0.25, -0.2) is 14.7 Å². The fourth-order valence-electron chi connectivity index (χ4n) is 6.13. The smallest absolute Gasteiger partial charge is 0.335 e. The highest BCUT2D eigenvalue weighted by Crippen LogP contribution is 2.40. The summed E-state index contributed by atoms with van der Waals surface area (Å²) < 4.78 is 7.60. The number of nitrogens with one attached hydrogen (secondary N) is 1. The first-order valence-electron chi connectivity index (χ1n) is 15.5. The highest BCUT2D eigenvalue weighted by Gasteiger charge is 2.37. The van der Waals surface area contributed by atoms with E-state index in [-0.39, 0.29) is 16.7 Å². The predicted octanol–water partition coefficient (Wildman–Crippen LogP) is 9.36. The van der Waals surface area contributed by atoms with Gasteiger partial charge < -0.3 is 14.8 Å². The highest BCUT2D eigenvalue weighted by molar-refractivity contribution is 7.22. The Morgan fingerprint density at radius 1 is 0.812 bits per heavy atom. The molecule has 1 aliphatic rings. The lowest BCUT2D eigenvalue weighted by atomic mass is 10.0. The van der Waals surface area contributed by atoms with Crippen LogP contribution < -0.4 is 10.2 Å². The van der Waals surface area contributed by atoms with Crippen LogP contribution in [0, 0.1) is 0 Å². The van der Waals surface area contributed by atoms with Crippen LogP contribution in [0.3, 0.4) is 0 Å². The minimum absolute atomic E-state index is 0.0546. The Balaban J connectivity index is 1.20. The number of rotatable bonds is 8. The SMILES string of the molecule is CCCNc1ccc(N2C(=O)c3ccc(C(=O)O)cc3C2=O)cc1-c1nc2c(-c3cccc(-c4cc5ccccc5s4)c3)cccc2o1. The zero-order chi connectivity index (χ0) is 32.9. The van der Waals surface area contributed by atoms with Gasteiger partial charge in [0.15, 0.2) is 5.58 Å². The number of oxazole rings is 1. The van der Waals surface area contributed by atoms with E-state index in [1.54, 1.807) is 29.5 Å². The molecule has 0 saturated carbocycles. The Kier molecular flexibility index (Phi) is 7.11. The standard InChI is InChI=1S/C39H27N3O5S/c1-2-17-40-31-16-14-26(42-37(43)28-15-13-25(39(45)46)19-29(28)38(42)44)21-30(31)36-41-35-27(10-6-11-32(35)47-36)22-8-5-9-23(18-22)34-20-24-7-3-4-12-33(24)48-34/h3-16,18-21,40H,2,17H2,1H3,(H,45,46). The first-order valence-corrected chi connectivity index (χ1v) is 16.3. The van der Waals surface area contributed by atoms with Crippen molar-refractivity contribution in [2.24, 2.45) is 0 Å². The maximum absolute atomic E-state index is 13.5. The number of aromatic nitrogens is 1. The van der Waals surface area contributed by atoms with Crippen LogP contribution in [0.2, 0.25) is 0 Å². The normalized spacial score (nSPS) is 12.6. The molecule has 0 unspecified atom stereocenters. The molecule has 0 atom stereocenters. The monoisotopic (exact) mass is 649 g/mol. The topological polar surface area (TPSA) is 113 Å². The summed E-state index contributed by atoms with van der Waals surface area (Å²) in [6.45, 7) is 2.75. The number of carboxylic acids is 1. The molecule has 48 heavy (non-hydrogen) atoms. The van der Waals surface area contributed by atoms with Crippen LogP contribution in [0.5, 0.6) is 0 Å². The maximum atomic E-state index is 13.5. The van der Waals surface area contributed by atoms with Gasteiger partial charge in [-0.05, 0) is 83.6 Å². The Morgan fingerprint density at radius 2 is 1.62 bits per heavy atom. The van der Waals surface area contributed by atoms with E-state index in [4.69, 9.17) is 9.40 Å². The summed E-state index contributed by atoms with van der Waals surface area (Å²) >= 11 is 1.76. The molecule has 0 aliphatic carbocycles. The van der Waals surface area contributed by atoms with E-state index in [9.17, 15) is 19.5 Å². The second-order valence-corrected chi connectivity index (χ2v) is 12.7. The van der Waals surface area contributed by atoms with Gasteiger partial charge in [-0.15, -0.1) is 11.3 Å². The van der Waals surface area contributed by atoms with Crippen molar-refractivity contribution < 1.29 is 23.9 Å². The molecule has 0 radical (unpaired) electrons. The van der Waals surface area contributed by atoms with Gasteiger partial charge in [0, 0.05) is 27.4 Å². The van der Waals surface area contributed by atoms with E-state index in [1.165, 1.54) is 33.2 Å². The average Bonchev–Trinajstić information content (AvgIpc) is 3.81. The second-order valence-electron chi connectivity index (χ2n) is 11.6. The highest BCUT2D eigenvalue weighted by atomic mass is 32.1. The van der Waals surface area contributed by atoms with Crippen LogP contribution >= 0.6 is 11.3 Å². The van der Waals surface area contributed by atoms with E-state index < -0.39 is 17.8 Å². The number of carboxylic acid groups (broad SMARTS) is 1. The minimum atomic E-state index is -1.17. The van der Waals surface area contributed by atoms with Crippen LogP contribution in [0.4, 0.5) is 11.4 Å². The van der Waals surface area contributed by atoms with Gasteiger partial charge in [0.05, 0.1) is 27.9 Å². The lowest BCUT2D eigenvalue weighted by Gasteiger charge is -2.17. The molecule has 0 spiro atoms. The van der Waals surface area contributed by atoms with Gasteiger partial charge in [0.1, 0.15) is 5.52 Å². The molecular formula is C39H27N3O5S. The fourth-order valence-corrected chi connectivity index (χ4v) is 7.19.